The van der Waals surface area contributed by atoms with Crippen LogP contribution in [-0.4, -0.2) is 10.5 Å². The molecule has 0 bridgehead atoms. The van der Waals surface area contributed by atoms with E-state index in [2.05, 4.69) is 24.8 Å². The summed E-state index contributed by atoms with van der Waals surface area (Å²) in [7, 11) is 0. The van der Waals surface area contributed by atoms with Gasteiger partial charge in [0.2, 0.25) is 4.38 Å². The van der Waals surface area contributed by atoms with E-state index < -0.39 is 0 Å². The van der Waals surface area contributed by atoms with Crippen molar-refractivity contribution in [2.45, 2.75) is 33.3 Å². The fraction of sp³-hybridized carbons (Fsp3) is 0.714. The van der Waals surface area contributed by atoms with Gasteiger partial charge in [-0.25, -0.2) is 0 Å². The van der Waals surface area contributed by atoms with Gasteiger partial charge >= 0.3 is 0 Å². The summed E-state index contributed by atoms with van der Waals surface area (Å²) in [5, 5.41) is 7.62. The molecule has 0 fully saturated rings. The van der Waals surface area contributed by atoms with Crippen LogP contribution in [0.5, 0.6) is 0 Å². The van der Waals surface area contributed by atoms with E-state index in [0.29, 0.717) is 10.8 Å². The monoisotopic (exact) mass is 191 g/mol. The lowest BCUT2D eigenvalue weighted by Gasteiger charge is -2.03. The van der Waals surface area contributed by atoms with Gasteiger partial charge < -0.3 is 4.74 Å². The van der Waals surface area contributed by atoms with E-state index >= 15 is 0 Å². The molecule has 0 radical (unpaired) electrons. The Bertz CT molecular complexity index is 140. The van der Waals surface area contributed by atoms with Crippen LogP contribution in [0.2, 0.25) is 0 Å². The first-order chi connectivity index (χ1) is 5.04. The van der Waals surface area contributed by atoms with Crippen molar-refractivity contribution >= 4 is 29.2 Å². The van der Waals surface area contributed by atoms with E-state index in [0.717, 1.165) is 0 Å². The van der Waals surface area contributed by atoms with Gasteiger partial charge in [-0.3, -0.25) is 0 Å². The number of rotatable bonds is 1. The van der Waals surface area contributed by atoms with Gasteiger partial charge in [-0.1, -0.05) is 19.6 Å². The highest BCUT2D eigenvalue weighted by molar-refractivity contribution is 8.10. The first-order valence-corrected chi connectivity index (χ1v) is 4.16. The highest BCUT2D eigenvalue weighted by atomic mass is 32.1. The average Bonchev–Trinajstić information content (AvgIpc) is 1.85. The number of nitriles is 1. The van der Waals surface area contributed by atoms with Crippen molar-refractivity contribution in [3.63, 3.8) is 0 Å². The summed E-state index contributed by atoms with van der Waals surface area (Å²) in [6.07, 6.45) is 0.782. The summed E-state index contributed by atoms with van der Waals surface area (Å²) in [4.78, 5) is 0. The van der Waals surface area contributed by atoms with Gasteiger partial charge in [0.25, 0.3) is 0 Å². The SMILES string of the molecule is CC(C)OC(=S)S.CCC#N. The molecular formula is C7H13NOS2. The number of hydrogen-bond donors (Lipinski definition) is 1. The molecule has 0 N–H and O–H groups in total. The molecule has 0 aliphatic heterocycles. The average molecular weight is 191 g/mol. The van der Waals surface area contributed by atoms with E-state index in [9.17, 15) is 0 Å². The van der Waals surface area contributed by atoms with Crippen LogP contribution < -0.4 is 0 Å². The van der Waals surface area contributed by atoms with E-state index in [-0.39, 0.29) is 6.10 Å². The van der Waals surface area contributed by atoms with Crippen molar-refractivity contribution in [3.8, 4) is 6.07 Å². The summed E-state index contributed by atoms with van der Waals surface area (Å²) in [6, 6.07) is 1.93. The van der Waals surface area contributed by atoms with Crippen molar-refractivity contribution in [1.82, 2.24) is 0 Å². The maximum atomic E-state index is 7.62. The van der Waals surface area contributed by atoms with Crippen LogP contribution in [0.15, 0.2) is 0 Å². The third-order valence-electron chi connectivity index (χ3n) is 0.495. The molecule has 0 aliphatic rings. The Hall–Kier alpha value is -0.270. The summed E-state index contributed by atoms with van der Waals surface area (Å²) in [5.41, 5.74) is 0. The standard InChI is InChI=1S/C4H8OS2.C3H5N/c1-3(2)5-4(6)7;1-2-3-4/h3H,1-2H3,(H,6,7);2H2,1H3. The molecular weight excluding hydrogens is 178 g/mol. The van der Waals surface area contributed by atoms with Crippen LogP contribution in [0, 0.1) is 11.3 Å². The minimum absolute atomic E-state index is 0.157. The smallest absolute Gasteiger partial charge is 0.217 e. The molecule has 0 aromatic rings. The zero-order valence-electron chi connectivity index (χ0n) is 7.00. The predicted molar refractivity (Wildman–Crippen MR) is 53.7 cm³/mol. The van der Waals surface area contributed by atoms with Gasteiger partial charge in [0.1, 0.15) is 0 Å². The maximum Gasteiger partial charge on any atom is 0.217 e. The molecule has 0 spiro atoms. The zero-order valence-corrected chi connectivity index (χ0v) is 8.71. The van der Waals surface area contributed by atoms with Crippen molar-refractivity contribution in [1.29, 1.82) is 5.26 Å². The Labute approximate surface area is 79.0 Å². The van der Waals surface area contributed by atoms with Gasteiger partial charge in [-0.2, -0.15) is 5.26 Å². The highest BCUT2D eigenvalue weighted by Gasteiger charge is 1.91. The van der Waals surface area contributed by atoms with E-state index in [4.69, 9.17) is 10.00 Å². The van der Waals surface area contributed by atoms with Crippen LogP contribution in [0.25, 0.3) is 0 Å². The van der Waals surface area contributed by atoms with E-state index in [1.807, 2.05) is 26.8 Å². The lowest BCUT2D eigenvalue weighted by Crippen LogP contribution is -2.02. The minimum Gasteiger partial charge on any atom is -0.476 e. The molecule has 0 atom stereocenters. The number of thiocarbonyl (C=S) groups is 1. The van der Waals surface area contributed by atoms with Gasteiger partial charge in [-0.05, 0) is 26.1 Å². The third-order valence-corrected chi connectivity index (χ3v) is 0.696. The fourth-order valence-electron chi connectivity index (χ4n) is 0.202. The Morgan fingerprint density at radius 2 is 2.09 bits per heavy atom. The minimum atomic E-state index is 0.157. The third kappa shape index (κ3) is 26.0. The second-order valence-corrected chi connectivity index (χ2v) is 3.02. The summed E-state index contributed by atoms with van der Waals surface area (Å²) in [6.45, 7) is 5.63. The van der Waals surface area contributed by atoms with E-state index in [1.54, 1.807) is 0 Å². The first kappa shape index (κ1) is 13.3. The Kier molecular flexibility index (Phi) is 11.8. The van der Waals surface area contributed by atoms with Gasteiger partial charge in [0.15, 0.2) is 0 Å². The van der Waals surface area contributed by atoms with Gasteiger partial charge in [0.05, 0.1) is 12.2 Å². The summed E-state index contributed by atoms with van der Waals surface area (Å²) < 4.78 is 5.16. The summed E-state index contributed by atoms with van der Waals surface area (Å²) in [5.74, 6) is 0. The molecule has 2 nitrogen and oxygen atoms in total. The lowest BCUT2D eigenvalue weighted by atomic mass is 10.5. The van der Waals surface area contributed by atoms with Crippen LogP contribution in [-0.2, 0) is 4.74 Å². The molecule has 0 rings (SSSR count). The van der Waals surface area contributed by atoms with Gasteiger partial charge in [-0.15, -0.1) is 0 Å². The fourth-order valence-corrected chi connectivity index (χ4v) is 0.605. The van der Waals surface area contributed by atoms with Crippen LogP contribution in [0.4, 0.5) is 0 Å². The van der Waals surface area contributed by atoms with Crippen LogP contribution >= 0.6 is 24.8 Å². The van der Waals surface area contributed by atoms with Crippen molar-refractivity contribution in [2.75, 3.05) is 0 Å². The maximum absolute atomic E-state index is 7.62. The molecule has 0 heterocycles. The Morgan fingerprint density at radius 1 is 1.73 bits per heavy atom. The number of hydrogen-bond acceptors (Lipinski definition) is 3. The second-order valence-electron chi connectivity index (χ2n) is 1.94. The molecule has 0 amide bonds. The zero-order chi connectivity index (χ0) is 9.28. The molecule has 11 heavy (non-hydrogen) atoms. The number of thiol groups is 1. The quantitative estimate of drug-likeness (QED) is 0.511. The van der Waals surface area contributed by atoms with E-state index in [1.165, 1.54) is 0 Å². The van der Waals surface area contributed by atoms with Crippen LogP contribution in [0.3, 0.4) is 0 Å². The van der Waals surface area contributed by atoms with Crippen molar-refractivity contribution in [3.05, 3.63) is 0 Å². The lowest BCUT2D eigenvalue weighted by molar-refractivity contribution is 0.243. The molecule has 0 aliphatic carbocycles. The van der Waals surface area contributed by atoms with Crippen LogP contribution in [0.1, 0.15) is 27.2 Å². The molecule has 0 aromatic heterocycles. The van der Waals surface area contributed by atoms with Crippen molar-refractivity contribution in [2.24, 2.45) is 0 Å². The molecule has 0 aromatic carbocycles. The first-order valence-electron chi connectivity index (χ1n) is 3.31. The Morgan fingerprint density at radius 3 is 2.09 bits per heavy atom. The van der Waals surface area contributed by atoms with Gasteiger partial charge in [0, 0.05) is 6.42 Å². The molecule has 0 saturated carbocycles. The molecule has 4 heteroatoms. The second kappa shape index (κ2) is 9.73. The molecule has 64 valence electrons. The number of nitrogens with zero attached hydrogens (tertiary/aromatic N) is 1. The highest BCUT2D eigenvalue weighted by Crippen LogP contribution is 1.92. The molecule has 0 saturated heterocycles. The Balaban J connectivity index is 0. The normalized spacial score (nSPS) is 7.64. The molecule has 0 unspecified atom stereocenters. The summed E-state index contributed by atoms with van der Waals surface area (Å²) >= 11 is 8.26. The number of ether oxygens (including phenoxy) is 1. The van der Waals surface area contributed by atoms with Crippen molar-refractivity contribution < 1.29 is 4.74 Å². The predicted octanol–water partition coefficient (Wildman–Crippen LogP) is 2.55. The largest absolute Gasteiger partial charge is 0.476 e. The topological polar surface area (TPSA) is 33.0 Å².